The first-order valence-corrected chi connectivity index (χ1v) is 2.10. The van der Waals surface area contributed by atoms with E-state index in [-0.39, 0.29) is 17.1 Å². The van der Waals surface area contributed by atoms with E-state index in [1.54, 1.807) is 0 Å². The smallest absolute Gasteiger partial charge is 0.548 e. The second-order valence-electron chi connectivity index (χ2n) is 1.24. The van der Waals surface area contributed by atoms with Crippen LogP contribution in [0.2, 0.25) is 0 Å². The Balaban J connectivity index is 0. The van der Waals surface area contributed by atoms with Gasteiger partial charge in [-0.3, -0.25) is 0 Å². The minimum absolute atomic E-state index is 0. The molecule has 0 rings (SSSR count). The van der Waals surface area contributed by atoms with Crippen molar-refractivity contribution in [3.05, 3.63) is 0 Å². The third-order valence-electron chi connectivity index (χ3n) is 0.440. The predicted octanol–water partition coefficient (Wildman–Crippen LogP) is -3.50. The van der Waals surface area contributed by atoms with Crippen LogP contribution in [0.15, 0.2) is 0 Å². The number of aliphatic carboxylic acids is 2. The van der Waals surface area contributed by atoms with Crippen LogP contribution in [0, 0.1) is 0 Å². The molecule has 0 aliphatic rings. The summed E-state index contributed by atoms with van der Waals surface area (Å²) in [6.45, 7) is -1.43. The molecule has 0 aliphatic carbocycles. The number of carboxylic acid groups (broad SMARTS) is 2. The molecule has 0 saturated heterocycles. The minimum atomic E-state index is -1.45. The molecule has 0 fully saturated rings. The van der Waals surface area contributed by atoms with Crippen molar-refractivity contribution in [1.82, 2.24) is 0 Å². The molecular formula is C4H4CuO5. The second-order valence-corrected chi connectivity index (χ2v) is 1.24. The molecule has 5 nitrogen and oxygen atoms in total. The van der Waals surface area contributed by atoms with Gasteiger partial charge in [0.2, 0.25) is 0 Å². The molecule has 0 unspecified atom stereocenters. The molecule has 0 aliphatic heterocycles. The van der Waals surface area contributed by atoms with Gasteiger partial charge in [0.05, 0.1) is 25.2 Å². The van der Waals surface area contributed by atoms with E-state index < -0.39 is 25.2 Å². The van der Waals surface area contributed by atoms with Crippen molar-refractivity contribution >= 4 is 11.9 Å². The first-order valence-electron chi connectivity index (χ1n) is 2.10. The molecule has 0 saturated carbocycles. The van der Waals surface area contributed by atoms with Gasteiger partial charge in [-0.05, 0) is 0 Å². The van der Waals surface area contributed by atoms with Gasteiger partial charge in [0.1, 0.15) is 0 Å². The van der Waals surface area contributed by atoms with Gasteiger partial charge in [0, 0.05) is 0 Å². The number of hydrogen-bond donors (Lipinski definition) is 0. The van der Waals surface area contributed by atoms with Crippen LogP contribution >= 0.6 is 0 Å². The Kier molecular flexibility index (Phi) is 7.93. The molecule has 0 amide bonds. The molecule has 0 atom stereocenters. The van der Waals surface area contributed by atoms with Gasteiger partial charge in [-0.2, -0.15) is 0 Å². The van der Waals surface area contributed by atoms with E-state index in [1.807, 2.05) is 0 Å². The monoisotopic (exact) mass is 195 g/mol. The summed E-state index contributed by atoms with van der Waals surface area (Å²) in [6.07, 6.45) is 0. The van der Waals surface area contributed by atoms with Crippen LogP contribution in [0.25, 0.3) is 0 Å². The van der Waals surface area contributed by atoms with Gasteiger partial charge in [0.25, 0.3) is 0 Å². The van der Waals surface area contributed by atoms with E-state index in [2.05, 4.69) is 4.74 Å². The maximum Gasteiger partial charge on any atom is 2.00 e. The summed E-state index contributed by atoms with van der Waals surface area (Å²) in [7, 11) is 0. The van der Waals surface area contributed by atoms with Crippen LogP contribution < -0.4 is 10.2 Å². The van der Waals surface area contributed by atoms with Crippen molar-refractivity contribution in [2.24, 2.45) is 0 Å². The quantitative estimate of drug-likeness (QED) is 0.435. The van der Waals surface area contributed by atoms with Gasteiger partial charge in [-0.1, -0.05) is 0 Å². The van der Waals surface area contributed by atoms with Crippen molar-refractivity contribution in [2.75, 3.05) is 13.2 Å². The molecule has 0 spiro atoms. The zero-order chi connectivity index (χ0) is 7.28. The van der Waals surface area contributed by atoms with Crippen LogP contribution in [0.3, 0.4) is 0 Å². The fourth-order valence-electron chi connectivity index (χ4n) is 0.218. The maximum atomic E-state index is 9.53. The average Bonchev–Trinajstić information content (AvgIpc) is 1.63. The molecule has 0 bridgehead atoms. The van der Waals surface area contributed by atoms with E-state index in [4.69, 9.17) is 0 Å². The summed E-state index contributed by atoms with van der Waals surface area (Å²) in [5.74, 6) is -2.90. The fourth-order valence-corrected chi connectivity index (χ4v) is 0.218. The van der Waals surface area contributed by atoms with Crippen molar-refractivity contribution in [3.8, 4) is 0 Å². The summed E-state index contributed by atoms with van der Waals surface area (Å²) in [4.78, 5) is 19.1. The Hall–Kier alpha value is -0.581. The summed E-state index contributed by atoms with van der Waals surface area (Å²) in [5, 5.41) is 19.1. The molecule has 10 heavy (non-hydrogen) atoms. The van der Waals surface area contributed by atoms with E-state index in [9.17, 15) is 19.8 Å². The molecule has 0 aromatic rings. The minimum Gasteiger partial charge on any atom is -0.548 e. The van der Waals surface area contributed by atoms with E-state index >= 15 is 0 Å². The van der Waals surface area contributed by atoms with Crippen LogP contribution in [0.4, 0.5) is 0 Å². The predicted molar refractivity (Wildman–Crippen MR) is 20.8 cm³/mol. The standard InChI is InChI=1S/C4H6O5.Cu/c5-3(6)1-9-2-4(7)8;/h1-2H2,(H,5,6)(H,7,8);/q;+2/p-2. The fraction of sp³-hybridized carbons (Fsp3) is 0.500. The zero-order valence-corrected chi connectivity index (χ0v) is 5.70. The third-order valence-corrected chi connectivity index (χ3v) is 0.440. The molecule has 0 heterocycles. The molecule has 1 radical (unpaired) electrons. The summed E-state index contributed by atoms with van der Waals surface area (Å²) < 4.78 is 4.03. The number of ether oxygens (including phenoxy) is 1. The van der Waals surface area contributed by atoms with Gasteiger partial charge in [-0.25, -0.2) is 0 Å². The normalized spacial score (nSPS) is 8.00. The molecule has 0 N–H and O–H groups in total. The van der Waals surface area contributed by atoms with Crippen LogP contribution in [-0.4, -0.2) is 25.2 Å². The Bertz CT molecular complexity index is 109. The van der Waals surface area contributed by atoms with Gasteiger partial charge in [0.15, 0.2) is 0 Å². The van der Waals surface area contributed by atoms with Crippen LogP contribution in [0.1, 0.15) is 0 Å². The molecular weight excluding hydrogens is 192 g/mol. The van der Waals surface area contributed by atoms with Crippen LogP contribution in [-0.2, 0) is 31.4 Å². The number of carboxylic acids is 2. The molecule has 6 heteroatoms. The SMILES string of the molecule is O=C([O-])COCC(=O)[O-].[Cu+2]. The van der Waals surface area contributed by atoms with E-state index in [0.717, 1.165) is 0 Å². The number of carbonyl (C=O) groups is 2. The summed E-state index contributed by atoms with van der Waals surface area (Å²) in [6, 6.07) is 0. The molecule has 0 aromatic heterocycles. The van der Waals surface area contributed by atoms with Gasteiger partial charge >= 0.3 is 17.1 Å². The number of hydrogen-bond acceptors (Lipinski definition) is 5. The maximum absolute atomic E-state index is 9.53. The topological polar surface area (TPSA) is 89.5 Å². The Morgan fingerprint density at radius 2 is 1.40 bits per heavy atom. The van der Waals surface area contributed by atoms with Crippen LogP contribution in [0.5, 0.6) is 0 Å². The van der Waals surface area contributed by atoms with Gasteiger partial charge < -0.3 is 24.5 Å². The average molecular weight is 196 g/mol. The Morgan fingerprint density at radius 1 is 1.10 bits per heavy atom. The largest absolute Gasteiger partial charge is 2.00 e. The van der Waals surface area contributed by atoms with Crippen molar-refractivity contribution in [3.63, 3.8) is 0 Å². The second kappa shape index (κ2) is 6.54. The van der Waals surface area contributed by atoms with Crippen molar-refractivity contribution in [1.29, 1.82) is 0 Å². The van der Waals surface area contributed by atoms with E-state index in [1.165, 1.54) is 0 Å². The Morgan fingerprint density at radius 3 is 1.60 bits per heavy atom. The third kappa shape index (κ3) is 10.4. The van der Waals surface area contributed by atoms with E-state index in [0.29, 0.717) is 0 Å². The molecule has 61 valence electrons. The zero-order valence-electron chi connectivity index (χ0n) is 4.76. The first kappa shape index (κ1) is 12.1. The van der Waals surface area contributed by atoms with Crippen molar-refractivity contribution in [2.45, 2.75) is 0 Å². The first-order chi connectivity index (χ1) is 4.13. The molecule has 0 aromatic carbocycles. The number of rotatable bonds is 4. The summed E-state index contributed by atoms with van der Waals surface area (Å²) >= 11 is 0. The van der Waals surface area contributed by atoms with Crippen molar-refractivity contribution < 1.29 is 41.6 Å². The summed E-state index contributed by atoms with van der Waals surface area (Å²) in [5.41, 5.74) is 0. The Labute approximate surface area is 67.5 Å². The number of carbonyl (C=O) groups excluding carboxylic acids is 2. The van der Waals surface area contributed by atoms with Gasteiger partial charge in [-0.15, -0.1) is 0 Å².